The van der Waals surface area contributed by atoms with Gasteiger partial charge >= 0.3 is 0 Å². The van der Waals surface area contributed by atoms with Gasteiger partial charge in [0, 0.05) is 23.3 Å². The number of hydrogen-bond acceptors (Lipinski definition) is 4. The summed E-state index contributed by atoms with van der Waals surface area (Å²) in [6, 6.07) is 19.6. The SMILES string of the molecule is N=NNC(=N)c1cccc(C2CC(=O)Nc3c2ccc2ccccc32)c1. The lowest BCUT2D eigenvalue weighted by molar-refractivity contribution is -0.116. The van der Waals surface area contributed by atoms with Crippen molar-refractivity contribution in [2.24, 2.45) is 5.22 Å². The van der Waals surface area contributed by atoms with Gasteiger partial charge in [0.1, 0.15) is 5.84 Å². The average Bonchev–Trinajstić information content (AvgIpc) is 2.67. The Balaban J connectivity index is 1.83. The topological polar surface area (TPSA) is 101 Å². The number of carbonyl (C=O) groups excluding carboxylic acids is 1. The van der Waals surface area contributed by atoms with Crippen LogP contribution in [0.25, 0.3) is 10.8 Å². The second-order valence-electron chi connectivity index (χ2n) is 6.28. The first-order valence-electron chi connectivity index (χ1n) is 8.30. The van der Waals surface area contributed by atoms with Gasteiger partial charge in [-0.2, -0.15) is 5.53 Å². The van der Waals surface area contributed by atoms with Gasteiger partial charge < -0.3 is 5.32 Å². The molecule has 1 amide bonds. The Hall–Kier alpha value is -3.54. The minimum atomic E-state index is -0.0796. The number of carbonyl (C=O) groups is 1. The van der Waals surface area contributed by atoms with Crippen LogP contribution < -0.4 is 10.7 Å². The summed E-state index contributed by atoms with van der Waals surface area (Å²) in [5, 5.41) is 16.1. The van der Waals surface area contributed by atoms with Crippen molar-refractivity contribution in [3.8, 4) is 0 Å². The van der Waals surface area contributed by atoms with Crippen LogP contribution in [0.2, 0.25) is 0 Å². The molecule has 0 spiro atoms. The monoisotopic (exact) mass is 343 g/mol. The van der Waals surface area contributed by atoms with Crippen LogP contribution in [0.3, 0.4) is 0 Å². The highest BCUT2D eigenvalue weighted by atomic mass is 16.1. The van der Waals surface area contributed by atoms with E-state index in [1.165, 1.54) is 0 Å². The molecule has 0 aliphatic carbocycles. The third-order valence-corrected chi connectivity index (χ3v) is 4.74. The third-order valence-electron chi connectivity index (χ3n) is 4.74. The number of rotatable bonds is 3. The highest BCUT2D eigenvalue weighted by molar-refractivity contribution is 6.06. The summed E-state index contributed by atoms with van der Waals surface area (Å²) in [7, 11) is 0. The summed E-state index contributed by atoms with van der Waals surface area (Å²) in [6.07, 6.45) is 0.359. The summed E-state index contributed by atoms with van der Waals surface area (Å²) >= 11 is 0. The maximum absolute atomic E-state index is 12.4. The van der Waals surface area contributed by atoms with Crippen molar-refractivity contribution < 1.29 is 4.79 Å². The molecule has 6 nitrogen and oxygen atoms in total. The predicted octanol–water partition coefficient (Wildman–Crippen LogP) is 4.17. The zero-order chi connectivity index (χ0) is 18.1. The minimum Gasteiger partial charge on any atom is -0.325 e. The van der Waals surface area contributed by atoms with E-state index in [-0.39, 0.29) is 17.7 Å². The molecule has 1 aliphatic rings. The van der Waals surface area contributed by atoms with Crippen LogP contribution in [-0.4, -0.2) is 11.7 Å². The molecule has 26 heavy (non-hydrogen) atoms. The van der Waals surface area contributed by atoms with E-state index in [1.807, 2.05) is 42.5 Å². The van der Waals surface area contributed by atoms with Crippen molar-refractivity contribution in [3.05, 3.63) is 77.4 Å². The van der Waals surface area contributed by atoms with Gasteiger partial charge in [-0.3, -0.25) is 10.2 Å². The fourth-order valence-electron chi connectivity index (χ4n) is 3.53. The van der Waals surface area contributed by atoms with Crippen LogP contribution in [0.1, 0.15) is 29.0 Å². The molecule has 6 heteroatoms. The quantitative estimate of drug-likeness (QED) is 0.248. The Labute approximate surface area is 150 Å². The van der Waals surface area contributed by atoms with Crippen LogP contribution in [0.15, 0.2) is 65.9 Å². The van der Waals surface area contributed by atoms with E-state index in [0.717, 1.165) is 27.6 Å². The lowest BCUT2D eigenvalue weighted by Crippen LogP contribution is -2.24. The molecular formula is C20H17N5O. The first-order valence-corrected chi connectivity index (χ1v) is 8.30. The maximum Gasteiger partial charge on any atom is 0.225 e. The van der Waals surface area contributed by atoms with E-state index in [1.54, 1.807) is 6.07 Å². The van der Waals surface area contributed by atoms with Crippen molar-refractivity contribution >= 4 is 28.2 Å². The molecule has 3 aromatic rings. The Morgan fingerprint density at radius 3 is 2.81 bits per heavy atom. The largest absolute Gasteiger partial charge is 0.325 e. The van der Waals surface area contributed by atoms with Crippen molar-refractivity contribution in [3.63, 3.8) is 0 Å². The first kappa shape index (κ1) is 16.0. The fraction of sp³-hybridized carbons (Fsp3) is 0.100. The normalized spacial score (nSPS) is 15.8. The van der Waals surface area contributed by atoms with Gasteiger partial charge in [-0.1, -0.05) is 59.8 Å². The number of benzene rings is 3. The molecule has 1 unspecified atom stereocenters. The third kappa shape index (κ3) is 2.71. The minimum absolute atomic E-state index is 0.0152. The van der Waals surface area contributed by atoms with Crippen LogP contribution in [0.5, 0.6) is 0 Å². The maximum atomic E-state index is 12.4. The lowest BCUT2D eigenvalue weighted by atomic mass is 9.83. The van der Waals surface area contributed by atoms with Crippen LogP contribution in [-0.2, 0) is 4.79 Å². The van der Waals surface area contributed by atoms with Crippen LogP contribution >= 0.6 is 0 Å². The first-order chi connectivity index (χ1) is 12.7. The number of amides is 1. The molecule has 1 atom stereocenters. The number of hydrogen-bond donors (Lipinski definition) is 4. The Kier molecular flexibility index (Phi) is 3.93. The molecule has 128 valence electrons. The molecule has 1 heterocycles. The van der Waals surface area contributed by atoms with Crippen LogP contribution in [0.4, 0.5) is 5.69 Å². The van der Waals surface area contributed by atoms with Gasteiger partial charge in [0.2, 0.25) is 5.91 Å². The van der Waals surface area contributed by atoms with E-state index in [0.29, 0.717) is 12.0 Å². The molecule has 0 fully saturated rings. The number of amidine groups is 1. The van der Waals surface area contributed by atoms with Crippen molar-refractivity contribution in [2.75, 3.05) is 5.32 Å². The fourth-order valence-corrected chi connectivity index (χ4v) is 3.53. The van der Waals surface area contributed by atoms with Gasteiger partial charge in [-0.15, -0.1) is 0 Å². The highest BCUT2D eigenvalue weighted by Crippen LogP contribution is 2.40. The van der Waals surface area contributed by atoms with Gasteiger partial charge in [0.05, 0.1) is 5.69 Å². The molecule has 0 radical (unpaired) electrons. The predicted molar refractivity (Wildman–Crippen MR) is 101 cm³/mol. The van der Waals surface area contributed by atoms with E-state index < -0.39 is 0 Å². The molecule has 0 aromatic heterocycles. The van der Waals surface area contributed by atoms with Gasteiger partial charge in [-0.05, 0) is 22.6 Å². The molecule has 4 N–H and O–H groups in total. The molecular weight excluding hydrogens is 326 g/mol. The highest BCUT2D eigenvalue weighted by Gasteiger charge is 2.28. The second-order valence-corrected chi connectivity index (χ2v) is 6.28. The molecule has 0 saturated carbocycles. The molecule has 3 aromatic carbocycles. The summed E-state index contributed by atoms with van der Waals surface area (Å²) in [4.78, 5) is 12.4. The second kappa shape index (κ2) is 6.40. The van der Waals surface area contributed by atoms with Crippen molar-refractivity contribution in [2.45, 2.75) is 12.3 Å². The van der Waals surface area contributed by atoms with E-state index in [4.69, 9.17) is 10.9 Å². The van der Waals surface area contributed by atoms with Crippen molar-refractivity contribution in [1.82, 2.24) is 5.43 Å². The zero-order valence-corrected chi connectivity index (χ0v) is 13.9. The summed E-state index contributed by atoms with van der Waals surface area (Å²) < 4.78 is 0. The smallest absolute Gasteiger partial charge is 0.225 e. The Morgan fingerprint density at radius 2 is 1.96 bits per heavy atom. The number of anilines is 1. The van der Waals surface area contributed by atoms with E-state index in [9.17, 15) is 4.79 Å². The van der Waals surface area contributed by atoms with E-state index in [2.05, 4.69) is 28.1 Å². The summed E-state index contributed by atoms with van der Waals surface area (Å²) in [6.45, 7) is 0. The molecule has 4 rings (SSSR count). The Bertz CT molecular complexity index is 1040. The summed E-state index contributed by atoms with van der Waals surface area (Å²) in [5.74, 6) is -0.0384. The molecule has 1 aliphatic heterocycles. The number of nitrogens with zero attached hydrogens (tertiary/aromatic N) is 1. The zero-order valence-electron chi connectivity index (χ0n) is 13.9. The Morgan fingerprint density at radius 1 is 1.12 bits per heavy atom. The number of fused-ring (bicyclic) bond motifs is 3. The average molecular weight is 343 g/mol. The van der Waals surface area contributed by atoms with E-state index >= 15 is 0 Å². The van der Waals surface area contributed by atoms with Gasteiger partial charge in [0.15, 0.2) is 0 Å². The van der Waals surface area contributed by atoms with Crippen LogP contribution in [0, 0.1) is 10.9 Å². The van der Waals surface area contributed by atoms with Gasteiger partial charge in [-0.25, -0.2) is 5.43 Å². The standard InChI is InChI=1S/C20H17N5O/c21-20(24-25-22)14-6-3-5-13(10-14)17-11-18(26)23-19-15-7-2-1-4-12(15)8-9-16(17)19/h1-10,17H,11H2,(H,23,26)(H3,21,22,24). The molecule has 0 bridgehead atoms. The lowest BCUT2D eigenvalue weighted by Gasteiger charge is -2.27. The number of nitrogens with one attached hydrogen (secondary N) is 4. The summed E-state index contributed by atoms with van der Waals surface area (Å²) in [5.41, 5.74) is 12.7. The molecule has 0 saturated heterocycles. The van der Waals surface area contributed by atoms with Gasteiger partial charge in [0.25, 0.3) is 0 Å². The van der Waals surface area contributed by atoms with Crippen molar-refractivity contribution in [1.29, 1.82) is 10.9 Å².